The van der Waals surface area contributed by atoms with Crippen LogP contribution in [0.1, 0.15) is 50.7 Å². The first-order valence-electron chi connectivity index (χ1n) is 11.6. The Balaban J connectivity index is 1.80. The third kappa shape index (κ3) is 4.85. The second kappa shape index (κ2) is 10.4. The lowest BCUT2D eigenvalue weighted by molar-refractivity contribution is -0.123. The van der Waals surface area contributed by atoms with Gasteiger partial charge in [-0.15, -0.1) is 0 Å². The number of carbonyl (C=O) groups excluding carboxylic acids is 1. The topological polar surface area (TPSA) is 67.2 Å². The Labute approximate surface area is 203 Å². The first kappa shape index (κ1) is 23.9. The molecule has 0 spiro atoms. The number of hydrogen-bond acceptors (Lipinski definition) is 7. The smallest absolute Gasteiger partial charge is 0.267 e. The summed E-state index contributed by atoms with van der Waals surface area (Å²) in [6.07, 6.45) is 7.22. The third-order valence-corrected chi connectivity index (χ3v) is 7.29. The number of hydrogen-bond donors (Lipinski definition) is 0. The number of rotatable bonds is 8. The lowest BCUT2D eigenvalue weighted by Gasteiger charge is -2.25. The van der Waals surface area contributed by atoms with Crippen LogP contribution in [0.2, 0.25) is 0 Å². The van der Waals surface area contributed by atoms with Gasteiger partial charge in [0.15, 0.2) is 0 Å². The molecule has 0 radical (unpaired) electrons. The highest BCUT2D eigenvalue weighted by molar-refractivity contribution is 8.26. The summed E-state index contributed by atoms with van der Waals surface area (Å²) in [7, 11) is 0. The molecule has 0 aliphatic carbocycles. The van der Waals surface area contributed by atoms with Gasteiger partial charge in [0, 0.05) is 25.9 Å². The van der Waals surface area contributed by atoms with E-state index in [-0.39, 0.29) is 17.6 Å². The number of ether oxygens (including phenoxy) is 1. The number of aryl methyl sites for hydroxylation is 1. The molecule has 2 aromatic rings. The van der Waals surface area contributed by atoms with Crippen LogP contribution in [0.15, 0.2) is 28.0 Å². The maximum Gasteiger partial charge on any atom is 0.267 e. The van der Waals surface area contributed by atoms with Gasteiger partial charge in [-0.25, -0.2) is 4.98 Å². The fraction of sp³-hybridized carbons (Fsp3) is 0.500. The van der Waals surface area contributed by atoms with E-state index in [0.717, 1.165) is 50.9 Å². The van der Waals surface area contributed by atoms with Gasteiger partial charge in [0.05, 0.1) is 23.1 Å². The zero-order chi connectivity index (χ0) is 23.5. The van der Waals surface area contributed by atoms with E-state index in [1.165, 1.54) is 11.8 Å². The number of pyridine rings is 1. The summed E-state index contributed by atoms with van der Waals surface area (Å²) in [5.74, 6) is 0.458. The van der Waals surface area contributed by atoms with E-state index >= 15 is 0 Å². The van der Waals surface area contributed by atoms with Gasteiger partial charge in [-0.2, -0.15) is 0 Å². The minimum Gasteiger partial charge on any atom is -0.376 e. The molecule has 2 aliphatic rings. The molecule has 33 heavy (non-hydrogen) atoms. The van der Waals surface area contributed by atoms with E-state index in [1.54, 1.807) is 21.6 Å². The van der Waals surface area contributed by atoms with Crippen molar-refractivity contribution in [3.05, 3.63) is 44.7 Å². The van der Waals surface area contributed by atoms with Crippen LogP contribution in [0.25, 0.3) is 11.7 Å². The van der Waals surface area contributed by atoms with E-state index in [0.29, 0.717) is 32.8 Å². The predicted octanol–water partition coefficient (Wildman–Crippen LogP) is 4.01. The Hall–Kier alpha value is -2.23. The highest BCUT2D eigenvalue weighted by atomic mass is 32.2. The Morgan fingerprint density at radius 2 is 2.06 bits per heavy atom. The van der Waals surface area contributed by atoms with Gasteiger partial charge in [-0.3, -0.25) is 18.9 Å². The standard InChI is InChI=1S/C24H30N4O3S2/c1-4-10-26(11-5-2)21-18(22(29)27-12-6-8-16(3)20(27)25-21)14-19-23(30)28(24(32)33-19)15-17-9-7-13-31-17/h6,8,12,14,17H,4-5,7,9-11,13,15H2,1-3H3/b19-14-/t17-/m0/s1. The normalized spacial score (nSPS) is 19.9. The molecule has 0 aromatic carbocycles. The van der Waals surface area contributed by atoms with Crippen molar-refractivity contribution in [1.29, 1.82) is 0 Å². The van der Waals surface area contributed by atoms with E-state index in [1.807, 2.05) is 19.1 Å². The SMILES string of the molecule is CCCN(CCC)c1nc2c(C)cccn2c(=O)c1/C=C1\SC(=S)N(C[C@@H]2CCCO2)C1=O. The lowest BCUT2D eigenvalue weighted by atomic mass is 10.2. The molecule has 0 saturated carbocycles. The van der Waals surface area contributed by atoms with E-state index < -0.39 is 0 Å². The van der Waals surface area contributed by atoms with E-state index in [9.17, 15) is 9.59 Å². The lowest BCUT2D eigenvalue weighted by Crippen LogP contribution is -2.35. The van der Waals surface area contributed by atoms with Crippen LogP contribution in [0.4, 0.5) is 5.82 Å². The summed E-state index contributed by atoms with van der Waals surface area (Å²) in [6.45, 7) is 8.91. The molecule has 9 heteroatoms. The Morgan fingerprint density at radius 3 is 2.73 bits per heavy atom. The number of aromatic nitrogens is 2. The Kier molecular flexibility index (Phi) is 7.51. The van der Waals surface area contributed by atoms with Crippen molar-refractivity contribution < 1.29 is 9.53 Å². The van der Waals surface area contributed by atoms with E-state index in [2.05, 4.69) is 18.7 Å². The number of fused-ring (bicyclic) bond motifs is 1. The zero-order valence-corrected chi connectivity index (χ0v) is 21.0. The molecule has 0 N–H and O–H groups in total. The summed E-state index contributed by atoms with van der Waals surface area (Å²) < 4.78 is 7.77. The predicted molar refractivity (Wildman–Crippen MR) is 138 cm³/mol. The first-order valence-corrected chi connectivity index (χ1v) is 12.8. The molecule has 7 nitrogen and oxygen atoms in total. The van der Waals surface area contributed by atoms with Crippen LogP contribution in [-0.4, -0.2) is 56.9 Å². The average molecular weight is 487 g/mol. The van der Waals surface area contributed by atoms with Crippen LogP contribution in [0.3, 0.4) is 0 Å². The van der Waals surface area contributed by atoms with Crippen LogP contribution in [-0.2, 0) is 9.53 Å². The number of thiocarbonyl (C=S) groups is 1. The number of thioether (sulfide) groups is 1. The molecule has 2 saturated heterocycles. The van der Waals surface area contributed by atoms with Crippen molar-refractivity contribution in [1.82, 2.24) is 14.3 Å². The van der Waals surface area contributed by atoms with Crippen molar-refractivity contribution in [3.63, 3.8) is 0 Å². The quantitative estimate of drug-likeness (QED) is 0.413. The fourth-order valence-corrected chi connectivity index (χ4v) is 5.57. The highest BCUT2D eigenvalue weighted by Crippen LogP contribution is 2.34. The summed E-state index contributed by atoms with van der Waals surface area (Å²) in [4.78, 5) is 36.0. The average Bonchev–Trinajstić information content (AvgIpc) is 3.40. The molecule has 2 aliphatic heterocycles. The zero-order valence-electron chi connectivity index (χ0n) is 19.4. The molecule has 1 atom stereocenters. The summed E-state index contributed by atoms with van der Waals surface area (Å²) in [6, 6.07) is 3.79. The molecular formula is C24H30N4O3S2. The molecule has 2 aromatic heterocycles. The molecular weight excluding hydrogens is 456 g/mol. The second-order valence-corrected chi connectivity index (χ2v) is 10.1. The van der Waals surface area contributed by atoms with Crippen molar-refractivity contribution in [3.8, 4) is 0 Å². The number of anilines is 1. The van der Waals surface area contributed by atoms with Crippen molar-refractivity contribution in [2.75, 3.05) is 31.1 Å². The van der Waals surface area contributed by atoms with Gasteiger partial charge in [0.1, 0.15) is 15.8 Å². The summed E-state index contributed by atoms with van der Waals surface area (Å²) in [5.41, 5.74) is 1.81. The van der Waals surface area contributed by atoms with Crippen molar-refractivity contribution in [2.45, 2.75) is 52.6 Å². The monoisotopic (exact) mass is 486 g/mol. The van der Waals surface area contributed by atoms with Gasteiger partial charge in [0.2, 0.25) is 0 Å². The van der Waals surface area contributed by atoms with Gasteiger partial charge in [-0.1, -0.05) is 43.9 Å². The van der Waals surface area contributed by atoms with Crippen LogP contribution < -0.4 is 10.5 Å². The highest BCUT2D eigenvalue weighted by Gasteiger charge is 2.35. The maximum absolute atomic E-state index is 13.6. The van der Waals surface area contributed by atoms with Crippen molar-refractivity contribution in [2.24, 2.45) is 0 Å². The first-order chi connectivity index (χ1) is 15.9. The van der Waals surface area contributed by atoms with Crippen LogP contribution in [0, 0.1) is 6.92 Å². The number of carbonyl (C=O) groups is 1. The van der Waals surface area contributed by atoms with Gasteiger partial charge < -0.3 is 9.64 Å². The summed E-state index contributed by atoms with van der Waals surface area (Å²) >= 11 is 6.75. The Bertz CT molecular complexity index is 1150. The molecule has 1 amide bonds. The third-order valence-electron chi connectivity index (χ3n) is 5.91. The van der Waals surface area contributed by atoms with Crippen LogP contribution in [0.5, 0.6) is 0 Å². The molecule has 4 rings (SSSR count). The van der Waals surface area contributed by atoms with Gasteiger partial charge in [-0.05, 0) is 50.3 Å². The van der Waals surface area contributed by atoms with Gasteiger partial charge >= 0.3 is 0 Å². The molecule has 0 bridgehead atoms. The minimum absolute atomic E-state index is 0.0166. The molecule has 2 fully saturated rings. The molecule has 4 heterocycles. The fourth-order valence-electron chi connectivity index (χ4n) is 4.31. The number of amides is 1. The van der Waals surface area contributed by atoms with Gasteiger partial charge in [0.25, 0.3) is 11.5 Å². The minimum atomic E-state index is -0.180. The maximum atomic E-state index is 13.6. The van der Waals surface area contributed by atoms with Crippen molar-refractivity contribution >= 4 is 51.7 Å². The summed E-state index contributed by atoms with van der Waals surface area (Å²) in [5, 5.41) is 0. The van der Waals surface area contributed by atoms with E-state index in [4.69, 9.17) is 21.9 Å². The number of nitrogens with zero attached hydrogens (tertiary/aromatic N) is 4. The molecule has 176 valence electrons. The van der Waals surface area contributed by atoms with Crippen LogP contribution >= 0.6 is 24.0 Å². The largest absolute Gasteiger partial charge is 0.376 e. The molecule has 0 unspecified atom stereocenters. The Morgan fingerprint density at radius 1 is 1.30 bits per heavy atom. The second-order valence-electron chi connectivity index (χ2n) is 8.45.